The van der Waals surface area contributed by atoms with Crippen molar-refractivity contribution in [3.05, 3.63) is 71.0 Å². The first-order valence-electron chi connectivity index (χ1n) is 10.1. The lowest BCUT2D eigenvalue weighted by atomic mass is 9.88. The summed E-state index contributed by atoms with van der Waals surface area (Å²) in [5.41, 5.74) is 9.59. The number of carbonyl (C=O) groups is 1. The first-order chi connectivity index (χ1) is 13.6. The predicted octanol–water partition coefficient (Wildman–Crippen LogP) is 3.00. The first-order valence-corrected chi connectivity index (χ1v) is 10.1. The van der Waals surface area contributed by atoms with Gasteiger partial charge in [-0.3, -0.25) is 4.79 Å². The van der Waals surface area contributed by atoms with Gasteiger partial charge in [-0.2, -0.15) is 0 Å². The Kier molecular flexibility index (Phi) is 4.25. The highest BCUT2D eigenvalue weighted by Crippen LogP contribution is 2.53. The van der Waals surface area contributed by atoms with Gasteiger partial charge in [0.1, 0.15) is 11.9 Å². The number of nitrogens with two attached hydrogens (primary N) is 1. The van der Waals surface area contributed by atoms with E-state index in [-0.39, 0.29) is 29.2 Å². The molecule has 5 heteroatoms. The molecular weight excluding hydrogens is 355 g/mol. The Balaban J connectivity index is 1.42. The van der Waals surface area contributed by atoms with Crippen molar-refractivity contribution in [1.29, 1.82) is 0 Å². The molecule has 5 rings (SSSR count). The number of benzene rings is 2. The van der Waals surface area contributed by atoms with Crippen LogP contribution >= 0.6 is 0 Å². The molecule has 1 amide bonds. The Hall–Kier alpha value is -2.24. The van der Waals surface area contributed by atoms with Gasteiger partial charge in [0.05, 0.1) is 12.6 Å². The highest BCUT2D eigenvalue weighted by molar-refractivity contribution is 5.82. The standard InChI is InChI=1S/C23H25FN2O2/c24-17-7-5-15(6-8-17)11-19-18-4-2-1-3-16(18)9-10-26(19)22(27)20-12-23(14-28-20)13-21(23)25/h1-8,19-21H,9-14,25H2/t19-,20-,21+,23?/m0/s1. The van der Waals surface area contributed by atoms with Crippen LogP contribution in [0.1, 0.15) is 35.6 Å². The van der Waals surface area contributed by atoms with Gasteiger partial charge in [0.15, 0.2) is 0 Å². The summed E-state index contributed by atoms with van der Waals surface area (Å²) in [4.78, 5) is 15.4. The van der Waals surface area contributed by atoms with Gasteiger partial charge in [0.2, 0.25) is 0 Å². The molecule has 28 heavy (non-hydrogen) atoms. The quantitative estimate of drug-likeness (QED) is 0.891. The van der Waals surface area contributed by atoms with Gasteiger partial charge in [0.25, 0.3) is 5.91 Å². The number of hydrogen-bond acceptors (Lipinski definition) is 3. The van der Waals surface area contributed by atoms with Crippen molar-refractivity contribution in [3.8, 4) is 0 Å². The van der Waals surface area contributed by atoms with Crippen LogP contribution in [0.4, 0.5) is 4.39 Å². The minimum atomic E-state index is -0.394. The Bertz CT molecular complexity index is 900. The third kappa shape index (κ3) is 3.03. The van der Waals surface area contributed by atoms with Gasteiger partial charge in [-0.05, 0) is 54.5 Å². The summed E-state index contributed by atoms with van der Waals surface area (Å²) in [7, 11) is 0. The third-order valence-electron chi connectivity index (χ3n) is 6.73. The molecule has 2 aromatic carbocycles. The molecule has 1 unspecified atom stereocenters. The maximum Gasteiger partial charge on any atom is 0.252 e. The minimum absolute atomic E-state index is 0.0282. The molecule has 4 nitrogen and oxygen atoms in total. The zero-order valence-corrected chi connectivity index (χ0v) is 15.8. The summed E-state index contributed by atoms with van der Waals surface area (Å²) in [6.45, 7) is 1.28. The smallest absolute Gasteiger partial charge is 0.252 e. The van der Waals surface area contributed by atoms with Crippen LogP contribution in [-0.2, 0) is 22.4 Å². The molecule has 1 saturated heterocycles. The van der Waals surface area contributed by atoms with E-state index in [0.717, 1.165) is 24.8 Å². The number of hydrogen-bond donors (Lipinski definition) is 1. The van der Waals surface area contributed by atoms with Gasteiger partial charge in [-0.15, -0.1) is 0 Å². The van der Waals surface area contributed by atoms with E-state index in [4.69, 9.17) is 10.5 Å². The second kappa shape index (κ2) is 6.68. The van der Waals surface area contributed by atoms with Crippen LogP contribution in [0, 0.1) is 11.2 Å². The van der Waals surface area contributed by atoms with Gasteiger partial charge < -0.3 is 15.4 Å². The Labute approximate surface area is 164 Å². The number of nitrogens with zero attached hydrogens (tertiary/aromatic N) is 1. The molecule has 2 N–H and O–H groups in total. The fourth-order valence-corrected chi connectivity index (χ4v) is 4.86. The molecule has 3 aliphatic rings. The van der Waals surface area contributed by atoms with Crippen LogP contribution in [0.25, 0.3) is 0 Å². The summed E-state index contributed by atoms with van der Waals surface area (Å²) >= 11 is 0. The summed E-state index contributed by atoms with van der Waals surface area (Å²) in [6.07, 6.45) is 2.81. The number of carbonyl (C=O) groups excluding carboxylic acids is 1. The van der Waals surface area contributed by atoms with Crippen molar-refractivity contribution in [2.75, 3.05) is 13.2 Å². The van der Waals surface area contributed by atoms with E-state index in [1.54, 1.807) is 12.1 Å². The molecule has 2 heterocycles. The van der Waals surface area contributed by atoms with E-state index in [1.807, 2.05) is 17.0 Å². The van der Waals surface area contributed by atoms with E-state index in [2.05, 4.69) is 12.1 Å². The normalized spacial score (nSPS) is 31.1. The van der Waals surface area contributed by atoms with Crippen molar-refractivity contribution in [3.63, 3.8) is 0 Å². The van der Waals surface area contributed by atoms with Crippen molar-refractivity contribution in [2.24, 2.45) is 11.1 Å². The number of halogens is 1. The summed E-state index contributed by atoms with van der Waals surface area (Å²) < 4.78 is 19.2. The largest absolute Gasteiger partial charge is 0.368 e. The summed E-state index contributed by atoms with van der Waals surface area (Å²) in [5.74, 6) is -0.177. The fourth-order valence-electron chi connectivity index (χ4n) is 4.86. The van der Waals surface area contributed by atoms with Crippen molar-refractivity contribution in [1.82, 2.24) is 4.90 Å². The van der Waals surface area contributed by atoms with E-state index >= 15 is 0 Å². The molecule has 1 aliphatic carbocycles. The van der Waals surface area contributed by atoms with Crippen LogP contribution in [0.2, 0.25) is 0 Å². The van der Waals surface area contributed by atoms with Gasteiger partial charge in [0, 0.05) is 18.0 Å². The monoisotopic (exact) mass is 380 g/mol. The SMILES string of the molecule is N[C@@H]1CC12CO[C@H](C(=O)N1CCc3ccccc3[C@@H]1Cc1ccc(F)cc1)C2. The topological polar surface area (TPSA) is 55.6 Å². The van der Waals surface area contributed by atoms with Crippen LogP contribution in [0.3, 0.4) is 0 Å². The summed E-state index contributed by atoms with van der Waals surface area (Å²) in [5, 5.41) is 0. The van der Waals surface area contributed by atoms with Crippen molar-refractivity contribution in [2.45, 2.75) is 43.9 Å². The molecule has 4 atom stereocenters. The molecule has 1 saturated carbocycles. The predicted molar refractivity (Wildman–Crippen MR) is 104 cm³/mol. The fraction of sp³-hybridized carbons (Fsp3) is 0.435. The van der Waals surface area contributed by atoms with E-state index in [9.17, 15) is 9.18 Å². The van der Waals surface area contributed by atoms with E-state index in [1.165, 1.54) is 23.3 Å². The second-order valence-corrected chi connectivity index (χ2v) is 8.50. The first kappa shape index (κ1) is 17.8. The zero-order chi connectivity index (χ0) is 19.3. The highest BCUT2D eigenvalue weighted by Gasteiger charge is 2.58. The summed E-state index contributed by atoms with van der Waals surface area (Å²) in [6, 6.07) is 15.0. The van der Waals surface area contributed by atoms with Gasteiger partial charge in [-0.25, -0.2) is 4.39 Å². The average Bonchev–Trinajstić information content (AvgIpc) is 3.13. The molecular formula is C23H25FN2O2. The number of ether oxygens (including phenoxy) is 1. The van der Waals surface area contributed by atoms with E-state index < -0.39 is 6.10 Å². The van der Waals surface area contributed by atoms with Crippen molar-refractivity contribution >= 4 is 5.91 Å². The molecule has 0 radical (unpaired) electrons. The molecule has 0 aromatic heterocycles. The van der Waals surface area contributed by atoms with Crippen molar-refractivity contribution < 1.29 is 13.9 Å². The lowest BCUT2D eigenvalue weighted by Gasteiger charge is -2.38. The van der Waals surface area contributed by atoms with E-state index in [0.29, 0.717) is 19.6 Å². The number of fused-ring (bicyclic) bond motifs is 1. The zero-order valence-electron chi connectivity index (χ0n) is 15.8. The van der Waals surface area contributed by atoms with Crippen LogP contribution in [0.5, 0.6) is 0 Å². The maximum atomic E-state index is 13.4. The molecule has 0 bridgehead atoms. The third-order valence-corrected chi connectivity index (χ3v) is 6.73. The molecule has 146 valence electrons. The number of rotatable bonds is 3. The molecule has 2 aromatic rings. The van der Waals surface area contributed by atoms with Gasteiger partial charge in [-0.1, -0.05) is 36.4 Å². The Morgan fingerprint density at radius 1 is 1.18 bits per heavy atom. The lowest BCUT2D eigenvalue weighted by Crippen LogP contribution is -2.45. The average molecular weight is 380 g/mol. The van der Waals surface area contributed by atoms with Crippen LogP contribution in [-0.4, -0.2) is 36.1 Å². The van der Waals surface area contributed by atoms with Gasteiger partial charge >= 0.3 is 0 Å². The lowest BCUT2D eigenvalue weighted by molar-refractivity contribution is -0.144. The molecule has 1 spiro atoms. The Morgan fingerprint density at radius 3 is 2.64 bits per heavy atom. The number of amides is 1. The minimum Gasteiger partial charge on any atom is -0.368 e. The highest BCUT2D eigenvalue weighted by atomic mass is 19.1. The molecule has 2 fully saturated rings. The maximum absolute atomic E-state index is 13.4. The van der Waals surface area contributed by atoms with Crippen LogP contribution in [0.15, 0.2) is 48.5 Å². The second-order valence-electron chi connectivity index (χ2n) is 8.50. The Morgan fingerprint density at radius 2 is 1.93 bits per heavy atom. The molecule has 2 aliphatic heterocycles. The van der Waals surface area contributed by atoms with Crippen LogP contribution < -0.4 is 5.73 Å².